The number of para-hydroxylation sites is 3. The number of benzene rings is 4. The van der Waals surface area contributed by atoms with Crippen LogP contribution in [0.3, 0.4) is 0 Å². The zero-order chi connectivity index (χ0) is 42.4. The largest absolute Gasteiger partial charge is 0.493 e. The number of nitrogens with zero attached hydrogens (tertiary/aromatic N) is 1. The van der Waals surface area contributed by atoms with Gasteiger partial charge in [0.15, 0.2) is 11.5 Å². The van der Waals surface area contributed by atoms with Crippen molar-refractivity contribution in [1.82, 2.24) is 20.5 Å². The molecule has 0 spiro atoms. The van der Waals surface area contributed by atoms with Crippen LogP contribution in [0.5, 0.6) is 17.2 Å². The number of likely N-dealkylation sites (tertiary alicyclic amines) is 1. The molecule has 2 fully saturated rings. The maximum Gasteiger partial charge on any atom is 0.326 e. The number of aliphatic hydroxyl groups excluding tert-OH is 1. The van der Waals surface area contributed by atoms with Crippen LogP contribution in [0.15, 0.2) is 97.1 Å². The molecule has 1 saturated carbocycles. The van der Waals surface area contributed by atoms with Crippen LogP contribution in [0.2, 0.25) is 0 Å². The molecule has 6 atom stereocenters. The molecule has 0 bridgehead atoms. The molecule has 1 aliphatic heterocycles. The Morgan fingerprint density at radius 2 is 1.60 bits per heavy atom. The molecule has 1 saturated heterocycles. The predicted molar refractivity (Wildman–Crippen MR) is 230 cm³/mol. The lowest BCUT2D eigenvalue weighted by atomic mass is 10.0. The van der Waals surface area contributed by atoms with Gasteiger partial charge in [0.2, 0.25) is 5.91 Å². The minimum Gasteiger partial charge on any atom is -0.493 e. The van der Waals surface area contributed by atoms with Gasteiger partial charge in [-0.3, -0.25) is 14.9 Å². The predicted octanol–water partition coefficient (Wildman–Crippen LogP) is 6.12. The molecule has 13 heteroatoms. The number of rotatable bonds is 19. The molecule has 7 rings (SSSR count). The summed E-state index contributed by atoms with van der Waals surface area (Å²) in [5, 5.41) is 28.4. The molecule has 60 heavy (non-hydrogen) atoms. The summed E-state index contributed by atoms with van der Waals surface area (Å²) in [4.78, 5) is 42.5. The smallest absolute Gasteiger partial charge is 0.326 e. The summed E-state index contributed by atoms with van der Waals surface area (Å²) in [5.74, 6) is 0.865. The van der Waals surface area contributed by atoms with E-state index in [0.717, 1.165) is 52.4 Å². The second-order valence-electron chi connectivity index (χ2n) is 15.3. The Labute approximate surface area is 351 Å². The monoisotopic (exact) mass is 822 g/mol. The number of aliphatic carboxylic acids is 1. The van der Waals surface area contributed by atoms with E-state index < -0.39 is 30.2 Å². The lowest BCUT2D eigenvalue weighted by Crippen LogP contribution is -2.55. The Bertz CT molecular complexity index is 2160. The number of amides is 1. The number of nitrogens with one attached hydrogen (secondary N) is 3. The van der Waals surface area contributed by atoms with Crippen molar-refractivity contribution in [3.8, 4) is 17.2 Å². The number of aliphatic hydroxyl groups is 1. The first-order valence-corrected chi connectivity index (χ1v) is 21.0. The number of aryl methyl sites for hydroxylation is 1. The molecular weight excluding hydrogens is 765 g/mol. The Morgan fingerprint density at radius 1 is 0.883 bits per heavy atom. The summed E-state index contributed by atoms with van der Waals surface area (Å²) in [7, 11) is 1.62. The highest BCUT2D eigenvalue weighted by Crippen LogP contribution is 2.41. The first-order valence-electron chi connectivity index (χ1n) is 21.0. The summed E-state index contributed by atoms with van der Waals surface area (Å²) in [5.41, 5.74) is 3.20. The molecule has 320 valence electrons. The minimum atomic E-state index is -0.948. The number of H-pyrrole nitrogens is 1. The third-order valence-corrected chi connectivity index (χ3v) is 11.2. The number of hydrogen-bond donors (Lipinski definition) is 5. The van der Waals surface area contributed by atoms with Crippen molar-refractivity contribution in [3.63, 3.8) is 0 Å². The molecule has 2 aliphatic rings. The molecule has 1 aromatic heterocycles. The highest BCUT2D eigenvalue weighted by Gasteiger charge is 2.49. The summed E-state index contributed by atoms with van der Waals surface area (Å²) < 4.78 is 22.1. The number of aromatic amines is 1. The fourth-order valence-electron chi connectivity index (χ4n) is 8.36. The lowest BCUT2D eigenvalue weighted by molar-refractivity contribution is -0.151. The van der Waals surface area contributed by atoms with Crippen LogP contribution in [0.4, 0.5) is 0 Å². The molecule has 2 heterocycles. The van der Waals surface area contributed by atoms with E-state index in [1.807, 2.05) is 91.0 Å². The van der Waals surface area contributed by atoms with Crippen LogP contribution >= 0.6 is 0 Å². The second-order valence-corrected chi connectivity index (χ2v) is 15.3. The molecule has 4 aromatic carbocycles. The Balaban J connectivity index is 0.000000201. The Morgan fingerprint density at radius 3 is 2.37 bits per heavy atom. The van der Waals surface area contributed by atoms with Gasteiger partial charge in [-0.05, 0) is 87.8 Å². The SMILES string of the molecule is CCOC(=O)[C@H](CCc1ccccc1)N[C@@H](C)C(=O)N1[C@H](C(=O)O)C[C@@H]2CCC[C@@H]21.COc1ccccc1OCCNCC(O)COc1cccc2[nH]c3ccccc3c12. The molecule has 5 N–H and O–H groups in total. The average molecular weight is 823 g/mol. The number of carboxylic acids is 1. The van der Waals surface area contributed by atoms with Gasteiger partial charge in [0.05, 0.1) is 25.3 Å². The standard InChI is InChI=1S/C24H26N2O4.C23H32N2O5/c1-28-21-10-4-5-11-22(21)29-14-13-25-15-17(27)16-30-23-12-6-9-20-24(23)18-7-2-3-8-19(18)26-20;1-3-30-23(29)18(13-12-16-8-5-4-6-9-16)24-15(2)21(26)25-19-11-7-10-17(19)14-20(25)22(27)28/h2-12,17,25-27H,13-16H2,1H3;4-6,8-9,15,17-20,24H,3,7,10-14H2,1-2H3,(H,27,28)/t;15-,17-,18-,19-,20-/m.0/s1. The van der Waals surface area contributed by atoms with Crippen molar-refractivity contribution in [1.29, 1.82) is 0 Å². The highest BCUT2D eigenvalue weighted by molar-refractivity contribution is 6.10. The number of ether oxygens (including phenoxy) is 4. The number of carboxylic acid groups (broad SMARTS) is 1. The number of carbonyl (C=O) groups is 3. The molecule has 1 unspecified atom stereocenters. The van der Waals surface area contributed by atoms with Gasteiger partial charge in [-0.15, -0.1) is 0 Å². The normalized spacial score (nSPS) is 18.5. The number of fused-ring (bicyclic) bond motifs is 4. The topological polar surface area (TPSA) is 172 Å². The average Bonchev–Trinajstić information content (AvgIpc) is 3.99. The number of aromatic nitrogens is 1. The lowest BCUT2D eigenvalue weighted by Gasteiger charge is -2.31. The van der Waals surface area contributed by atoms with E-state index in [1.165, 1.54) is 0 Å². The Hall–Kier alpha value is -5.63. The van der Waals surface area contributed by atoms with Gasteiger partial charge in [0, 0.05) is 35.4 Å². The van der Waals surface area contributed by atoms with Gasteiger partial charge in [-0.25, -0.2) is 4.79 Å². The van der Waals surface area contributed by atoms with Crippen molar-refractivity contribution in [2.24, 2.45) is 5.92 Å². The molecule has 13 nitrogen and oxygen atoms in total. The van der Waals surface area contributed by atoms with E-state index in [1.54, 1.807) is 25.9 Å². The van der Waals surface area contributed by atoms with Gasteiger partial charge in [-0.1, -0.05) is 73.2 Å². The van der Waals surface area contributed by atoms with Crippen LogP contribution in [0.25, 0.3) is 21.8 Å². The first-order chi connectivity index (χ1) is 29.2. The number of hydrogen-bond acceptors (Lipinski definition) is 10. The van der Waals surface area contributed by atoms with Gasteiger partial charge >= 0.3 is 11.9 Å². The molecule has 1 amide bonds. The van der Waals surface area contributed by atoms with Crippen LogP contribution in [0.1, 0.15) is 51.5 Å². The van der Waals surface area contributed by atoms with Crippen molar-refractivity contribution in [3.05, 3.63) is 103 Å². The molecular formula is C47H58N4O9. The van der Waals surface area contributed by atoms with Crippen LogP contribution < -0.4 is 24.8 Å². The molecule has 1 aliphatic carbocycles. The van der Waals surface area contributed by atoms with Crippen molar-refractivity contribution in [2.45, 2.75) is 82.6 Å². The van der Waals surface area contributed by atoms with Gasteiger partial charge in [0.25, 0.3) is 0 Å². The van der Waals surface area contributed by atoms with E-state index in [4.69, 9.17) is 18.9 Å². The van der Waals surface area contributed by atoms with E-state index in [2.05, 4.69) is 21.7 Å². The molecule has 5 aromatic rings. The van der Waals surface area contributed by atoms with Gasteiger partial charge in [0.1, 0.15) is 37.2 Å². The van der Waals surface area contributed by atoms with Crippen LogP contribution in [-0.4, -0.2) is 108 Å². The second kappa shape index (κ2) is 21.6. The third-order valence-electron chi connectivity index (χ3n) is 11.2. The maximum absolute atomic E-state index is 13.2. The highest BCUT2D eigenvalue weighted by atomic mass is 16.5. The van der Waals surface area contributed by atoms with Gasteiger partial charge < -0.3 is 44.4 Å². The van der Waals surface area contributed by atoms with Crippen molar-refractivity contribution < 1.29 is 43.5 Å². The number of carbonyl (C=O) groups excluding carboxylic acids is 2. The van der Waals surface area contributed by atoms with Crippen LogP contribution in [-0.2, 0) is 25.5 Å². The van der Waals surface area contributed by atoms with Crippen molar-refractivity contribution >= 4 is 39.7 Å². The quantitative estimate of drug-likeness (QED) is 0.0480. The zero-order valence-corrected chi connectivity index (χ0v) is 34.7. The van der Waals surface area contributed by atoms with E-state index in [9.17, 15) is 24.6 Å². The summed E-state index contributed by atoms with van der Waals surface area (Å²) in [6.45, 7) is 5.43. The fourth-order valence-corrected chi connectivity index (χ4v) is 8.36. The summed E-state index contributed by atoms with van der Waals surface area (Å²) >= 11 is 0. The van der Waals surface area contributed by atoms with Crippen molar-refractivity contribution in [2.75, 3.05) is 40.0 Å². The van der Waals surface area contributed by atoms with E-state index in [-0.39, 0.29) is 37.0 Å². The van der Waals surface area contributed by atoms with E-state index >= 15 is 0 Å². The fraction of sp³-hybridized carbons (Fsp3) is 0.426. The maximum atomic E-state index is 13.2. The zero-order valence-electron chi connectivity index (χ0n) is 34.7. The third kappa shape index (κ3) is 11.1. The number of esters is 1. The summed E-state index contributed by atoms with van der Waals surface area (Å²) in [6.07, 6.45) is 3.91. The minimum absolute atomic E-state index is 0.00629. The number of methoxy groups -OCH3 is 1. The first kappa shape index (κ1) is 43.9. The Kier molecular flexibility index (Phi) is 15.8. The van der Waals surface area contributed by atoms with Gasteiger partial charge in [-0.2, -0.15) is 0 Å². The molecule has 0 radical (unpaired) electrons. The summed E-state index contributed by atoms with van der Waals surface area (Å²) in [6, 6.07) is 29.3. The van der Waals surface area contributed by atoms with Crippen LogP contribution in [0, 0.1) is 5.92 Å². The van der Waals surface area contributed by atoms with E-state index in [0.29, 0.717) is 50.5 Å².